The number of rotatable bonds is 8. The first-order valence-electron chi connectivity index (χ1n) is 9.95. The lowest BCUT2D eigenvalue weighted by molar-refractivity contribution is -0.117. The van der Waals surface area contributed by atoms with Gasteiger partial charge in [-0.25, -0.2) is 13.4 Å². The average molecular weight is 469 g/mol. The summed E-state index contributed by atoms with van der Waals surface area (Å²) in [5.41, 5.74) is 0.855. The molecule has 170 valence electrons. The van der Waals surface area contributed by atoms with Crippen LogP contribution in [0.5, 0.6) is 5.75 Å². The highest BCUT2D eigenvalue weighted by Crippen LogP contribution is 2.20. The zero-order chi connectivity index (χ0) is 22.6. The first kappa shape index (κ1) is 23.6. The smallest absolute Gasteiger partial charge is 0.244 e. The van der Waals surface area contributed by atoms with Crippen molar-refractivity contribution in [2.24, 2.45) is 0 Å². The van der Waals surface area contributed by atoms with Crippen LogP contribution >= 0.6 is 11.3 Å². The van der Waals surface area contributed by atoms with Gasteiger partial charge in [-0.1, -0.05) is 0 Å². The van der Waals surface area contributed by atoms with Crippen molar-refractivity contribution in [2.75, 3.05) is 25.5 Å². The number of benzene rings is 1. The topological polar surface area (TPSA) is 110 Å². The van der Waals surface area contributed by atoms with Gasteiger partial charge in [0.1, 0.15) is 5.75 Å². The molecule has 0 spiro atoms. The lowest BCUT2D eigenvalue weighted by Gasteiger charge is -2.34. The highest BCUT2D eigenvalue weighted by Gasteiger charge is 2.24. The fraction of sp³-hybridized carbons (Fsp3) is 0.500. The maximum absolute atomic E-state index is 12.5. The Balaban J connectivity index is 1.56. The van der Waals surface area contributed by atoms with Gasteiger partial charge in [-0.05, 0) is 45.0 Å². The highest BCUT2D eigenvalue weighted by atomic mass is 32.2. The number of nitrogens with zero attached hydrogens (tertiary/aromatic N) is 2. The Morgan fingerprint density at radius 2 is 1.94 bits per heavy atom. The molecule has 3 rings (SSSR count). The summed E-state index contributed by atoms with van der Waals surface area (Å²) in [6.45, 7) is 7.90. The third kappa shape index (κ3) is 6.47. The van der Waals surface area contributed by atoms with Crippen molar-refractivity contribution in [3.63, 3.8) is 0 Å². The molecule has 1 saturated heterocycles. The number of thiazole rings is 1. The molecule has 2 heterocycles. The molecular formula is C20H28N4O5S2. The third-order valence-corrected chi connectivity index (χ3v) is 7.12. The number of methoxy groups -OCH3 is 1. The fourth-order valence-corrected chi connectivity index (χ4v) is 5.31. The molecule has 0 aliphatic carbocycles. The largest absolute Gasteiger partial charge is 0.497 e. The number of sulfonamides is 1. The first-order valence-corrected chi connectivity index (χ1v) is 12.3. The number of aromatic nitrogens is 1. The SMILES string of the molecule is COc1ccc(S(=O)(=O)N[C@@H](C)C(=O)Nc2nc(CN3CC(C)OC(C)C3)cs2)cc1. The summed E-state index contributed by atoms with van der Waals surface area (Å²) in [5, 5.41) is 5.02. The quantitative estimate of drug-likeness (QED) is 0.610. The number of hydrogen-bond acceptors (Lipinski definition) is 8. The van der Waals surface area contributed by atoms with E-state index in [4.69, 9.17) is 9.47 Å². The van der Waals surface area contributed by atoms with E-state index in [9.17, 15) is 13.2 Å². The van der Waals surface area contributed by atoms with Crippen LogP contribution in [0.3, 0.4) is 0 Å². The molecule has 1 aromatic carbocycles. The molecule has 1 amide bonds. The number of hydrogen-bond donors (Lipinski definition) is 2. The number of carbonyl (C=O) groups is 1. The van der Waals surface area contributed by atoms with Gasteiger partial charge in [-0.3, -0.25) is 9.69 Å². The number of morpholine rings is 1. The number of ether oxygens (including phenoxy) is 2. The van der Waals surface area contributed by atoms with E-state index in [1.54, 1.807) is 12.1 Å². The molecule has 0 saturated carbocycles. The molecule has 1 aliphatic heterocycles. The molecule has 2 N–H and O–H groups in total. The number of amides is 1. The molecule has 1 aliphatic rings. The molecule has 0 bridgehead atoms. The van der Waals surface area contributed by atoms with Gasteiger partial charge in [0.25, 0.3) is 0 Å². The standard InChI is InChI=1S/C20H28N4O5S2/c1-13-9-24(10-14(2)29-13)11-16-12-30-20(21-16)22-19(25)15(3)23-31(26,27)18-7-5-17(28-4)6-8-18/h5-8,12-15,23H,9-11H2,1-4H3,(H,21,22,25)/t13?,14?,15-/m0/s1. The van der Waals surface area contributed by atoms with Gasteiger partial charge in [-0.15, -0.1) is 11.3 Å². The summed E-state index contributed by atoms with van der Waals surface area (Å²) < 4.78 is 38.2. The fourth-order valence-electron chi connectivity index (χ4n) is 3.40. The van der Waals surface area contributed by atoms with Gasteiger partial charge in [0.15, 0.2) is 5.13 Å². The number of carbonyl (C=O) groups excluding carboxylic acids is 1. The van der Waals surface area contributed by atoms with Crippen LogP contribution in [0.15, 0.2) is 34.5 Å². The summed E-state index contributed by atoms with van der Waals surface area (Å²) in [4.78, 5) is 19.3. The second kappa shape index (κ2) is 10.0. The highest BCUT2D eigenvalue weighted by molar-refractivity contribution is 7.89. The Hall–Kier alpha value is -2.05. The summed E-state index contributed by atoms with van der Waals surface area (Å²) in [6.07, 6.45) is 0.335. The van der Waals surface area contributed by atoms with E-state index in [0.717, 1.165) is 18.8 Å². The van der Waals surface area contributed by atoms with E-state index in [2.05, 4.69) is 19.9 Å². The zero-order valence-electron chi connectivity index (χ0n) is 18.0. The van der Waals surface area contributed by atoms with Crippen LogP contribution in [0, 0.1) is 0 Å². The van der Waals surface area contributed by atoms with Gasteiger partial charge >= 0.3 is 0 Å². The molecule has 1 aromatic heterocycles. The van der Waals surface area contributed by atoms with E-state index in [1.807, 2.05) is 19.2 Å². The minimum absolute atomic E-state index is 0.0541. The predicted octanol–water partition coefficient (Wildman–Crippen LogP) is 2.07. The van der Waals surface area contributed by atoms with Crippen LogP contribution in [-0.2, 0) is 26.1 Å². The minimum Gasteiger partial charge on any atom is -0.497 e. The lowest BCUT2D eigenvalue weighted by atomic mass is 10.2. The lowest BCUT2D eigenvalue weighted by Crippen LogP contribution is -2.44. The molecular weight excluding hydrogens is 440 g/mol. The van der Waals surface area contributed by atoms with Crippen molar-refractivity contribution in [2.45, 2.75) is 50.5 Å². The van der Waals surface area contributed by atoms with Crippen LogP contribution in [0.1, 0.15) is 26.5 Å². The summed E-state index contributed by atoms with van der Waals surface area (Å²) in [7, 11) is -2.35. The van der Waals surface area contributed by atoms with E-state index >= 15 is 0 Å². The van der Waals surface area contributed by atoms with E-state index < -0.39 is 22.0 Å². The Morgan fingerprint density at radius 3 is 2.55 bits per heavy atom. The van der Waals surface area contributed by atoms with Gasteiger partial charge in [-0.2, -0.15) is 4.72 Å². The van der Waals surface area contributed by atoms with E-state index in [-0.39, 0.29) is 17.1 Å². The van der Waals surface area contributed by atoms with Crippen LogP contribution < -0.4 is 14.8 Å². The zero-order valence-corrected chi connectivity index (χ0v) is 19.6. The molecule has 1 fully saturated rings. The van der Waals surface area contributed by atoms with Crippen molar-refractivity contribution >= 4 is 32.4 Å². The Kier molecular flexibility index (Phi) is 7.65. The van der Waals surface area contributed by atoms with Gasteiger partial charge in [0.05, 0.1) is 35.9 Å². The molecule has 9 nitrogen and oxygen atoms in total. The predicted molar refractivity (Wildman–Crippen MR) is 119 cm³/mol. The van der Waals surface area contributed by atoms with Crippen LogP contribution in [0.25, 0.3) is 0 Å². The van der Waals surface area contributed by atoms with E-state index in [1.165, 1.54) is 37.5 Å². The molecule has 0 radical (unpaired) electrons. The normalized spacial score (nSPS) is 20.9. The second-order valence-electron chi connectivity index (χ2n) is 7.60. The molecule has 3 atom stereocenters. The maximum Gasteiger partial charge on any atom is 0.244 e. The van der Waals surface area contributed by atoms with Crippen molar-refractivity contribution in [3.05, 3.63) is 35.3 Å². The minimum atomic E-state index is -3.85. The Labute approximate surface area is 186 Å². The number of nitrogens with one attached hydrogen (secondary N) is 2. The number of anilines is 1. The molecule has 2 unspecified atom stereocenters. The molecule has 2 aromatic rings. The van der Waals surface area contributed by atoms with Gasteiger partial charge in [0.2, 0.25) is 15.9 Å². The van der Waals surface area contributed by atoms with Crippen molar-refractivity contribution in [1.82, 2.24) is 14.6 Å². The monoisotopic (exact) mass is 468 g/mol. The second-order valence-corrected chi connectivity index (χ2v) is 10.2. The summed E-state index contributed by atoms with van der Waals surface area (Å²) in [5.74, 6) is 0.0666. The molecule has 31 heavy (non-hydrogen) atoms. The van der Waals surface area contributed by atoms with Crippen molar-refractivity contribution in [3.8, 4) is 5.75 Å². The average Bonchev–Trinajstić information content (AvgIpc) is 3.13. The third-order valence-electron chi connectivity index (χ3n) is 4.76. The van der Waals surface area contributed by atoms with Crippen molar-refractivity contribution in [1.29, 1.82) is 0 Å². The van der Waals surface area contributed by atoms with E-state index in [0.29, 0.717) is 17.4 Å². The van der Waals surface area contributed by atoms with Gasteiger partial charge in [0, 0.05) is 25.0 Å². The summed E-state index contributed by atoms with van der Waals surface area (Å²) >= 11 is 1.31. The Morgan fingerprint density at radius 1 is 1.29 bits per heavy atom. The van der Waals surface area contributed by atoms with Crippen LogP contribution in [0.4, 0.5) is 5.13 Å². The van der Waals surface area contributed by atoms with Crippen molar-refractivity contribution < 1.29 is 22.7 Å². The summed E-state index contributed by atoms with van der Waals surface area (Å²) in [6, 6.07) is 4.97. The van der Waals surface area contributed by atoms with Crippen LogP contribution in [-0.4, -0.2) is 62.7 Å². The molecule has 11 heteroatoms. The maximum atomic E-state index is 12.5. The van der Waals surface area contributed by atoms with Gasteiger partial charge < -0.3 is 14.8 Å². The Bertz CT molecular complexity index is 983. The first-order chi connectivity index (χ1) is 14.7. The van der Waals surface area contributed by atoms with Crippen LogP contribution in [0.2, 0.25) is 0 Å².